The van der Waals surface area contributed by atoms with E-state index in [1.165, 1.54) is 17.0 Å². The average molecular weight is 366 g/mol. The predicted octanol–water partition coefficient (Wildman–Crippen LogP) is 5.42. The number of halogens is 4. The lowest BCUT2D eigenvalue weighted by Gasteiger charge is -2.01. The molecule has 0 fully saturated rings. The molecule has 0 saturated carbocycles. The summed E-state index contributed by atoms with van der Waals surface area (Å²) in [6.45, 7) is 0. The molecular formula is C17H11Cl2F2N3. The van der Waals surface area contributed by atoms with Crippen molar-refractivity contribution >= 4 is 35.1 Å². The fourth-order valence-corrected chi connectivity index (χ4v) is 2.53. The molecule has 0 N–H and O–H groups in total. The average Bonchev–Trinajstić information content (AvgIpc) is 2.88. The third kappa shape index (κ3) is 3.05. The number of aromatic nitrogens is 2. The minimum atomic E-state index is -0.922. The molecule has 0 saturated heterocycles. The molecule has 24 heavy (non-hydrogen) atoms. The molecule has 3 nitrogen and oxygen atoms in total. The third-order valence-corrected chi connectivity index (χ3v) is 4.20. The van der Waals surface area contributed by atoms with Gasteiger partial charge < -0.3 is 0 Å². The molecule has 0 aliphatic carbocycles. The number of rotatable bonds is 3. The van der Waals surface area contributed by atoms with Gasteiger partial charge in [-0.05, 0) is 12.1 Å². The van der Waals surface area contributed by atoms with Crippen LogP contribution in [0.25, 0.3) is 11.3 Å². The molecule has 0 atom stereocenters. The number of nitrogens with zero attached hydrogens (tertiary/aromatic N) is 3. The number of aliphatic imine (C=N–C) groups is 1. The Bertz CT molecular complexity index is 921. The summed E-state index contributed by atoms with van der Waals surface area (Å²) < 4.78 is 28.7. The van der Waals surface area contributed by atoms with E-state index in [-0.39, 0.29) is 5.69 Å². The Balaban J connectivity index is 2.06. The molecule has 0 radical (unpaired) electrons. The van der Waals surface area contributed by atoms with Crippen LogP contribution in [-0.4, -0.2) is 16.0 Å². The molecule has 0 bridgehead atoms. The van der Waals surface area contributed by atoms with Crippen molar-refractivity contribution in [1.82, 2.24) is 9.78 Å². The van der Waals surface area contributed by atoms with Gasteiger partial charge in [0.1, 0.15) is 27.4 Å². The van der Waals surface area contributed by atoms with E-state index in [0.29, 0.717) is 16.4 Å². The van der Waals surface area contributed by atoms with Crippen LogP contribution in [0.5, 0.6) is 0 Å². The van der Waals surface area contributed by atoms with Crippen molar-refractivity contribution in [1.29, 1.82) is 0 Å². The van der Waals surface area contributed by atoms with Crippen molar-refractivity contribution in [2.45, 2.75) is 0 Å². The minimum Gasteiger partial charge on any atom is -0.256 e. The maximum absolute atomic E-state index is 14.0. The van der Waals surface area contributed by atoms with Gasteiger partial charge in [0.25, 0.3) is 0 Å². The number of aryl methyl sites for hydroxylation is 1. The summed E-state index contributed by atoms with van der Waals surface area (Å²) >= 11 is 11.8. The highest BCUT2D eigenvalue weighted by molar-refractivity contribution is 6.33. The summed E-state index contributed by atoms with van der Waals surface area (Å²) in [5.74, 6) is -1.76. The molecule has 0 aliphatic heterocycles. The molecule has 0 unspecified atom stereocenters. The Morgan fingerprint density at radius 2 is 1.79 bits per heavy atom. The second-order valence-corrected chi connectivity index (χ2v) is 5.73. The summed E-state index contributed by atoms with van der Waals surface area (Å²) in [7, 11) is 1.70. The quantitative estimate of drug-likeness (QED) is 0.450. The highest BCUT2D eigenvalue weighted by Gasteiger charge is 2.15. The van der Waals surface area contributed by atoms with Crippen LogP contribution in [0.15, 0.2) is 47.5 Å². The summed E-state index contributed by atoms with van der Waals surface area (Å²) in [5.41, 5.74) is 1.91. The molecule has 7 heteroatoms. The van der Waals surface area contributed by atoms with E-state index in [1.807, 2.05) is 30.3 Å². The van der Waals surface area contributed by atoms with E-state index in [4.69, 9.17) is 23.2 Å². The van der Waals surface area contributed by atoms with Crippen LogP contribution in [0.1, 0.15) is 5.56 Å². The lowest BCUT2D eigenvalue weighted by molar-refractivity contribution is 0.585. The molecule has 1 heterocycles. The molecule has 0 spiro atoms. The van der Waals surface area contributed by atoms with E-state index in [0.717, 1.165) is 11.6 Å². The van der Waals surface area contributed by atoms with Gasteiger partial charge >= 0.3 is 0 Å². The highest BCUT2D eigenvalue weighted by atomic mass is 35.5. The zero-order chi connectivity index (χ0) is 17.3. The third-order valence-electron chi connectivity index (χ3n) is 3.41. The highest BCUT2D eigenvalue weighted by Crippen LogP contribution is 2.30. The number of benzene rings is 2. The summed E-state index contributed by atoms with van der Waals surface area (Å²) in [5, 5.41) is 4.12. The first kappa shape index (κ1) is 16.6. The number of hydrogen-bond acceptors (Lipinski definition) is 2. The van der Waals surface area contributed by atoms with E-state index < -0.39 is 16.7 Å². The van der Waals surface area contributed by atoms with Gasteiger partial charge in [-0.2, -0.15) is 5.10 Å². The maximum atomic E-state index is 14.0. The maximum Gasteiger partial charge on any atom is 0.170 e. The Hall–Kier alpha value is -2.24. The lowest BCUT2D eigenvalue weighted by atomic mass is 10.1. The second kappa shape index (κ2) is 6.71. The van der Waals surface area contributed by atoms with Gasteiger partial charge in [0.2, 0.25) is 0 Å². The summed E-state index contributed by atoms with van der Waals surface area (Å²) in [4.78, 5) is 4.05. The molecule has 1 aromatic heterocycles. The Morgan fingerprint density at radius 1 is 1.08 bits per heavy atom. The van der Waals surface area contributed by atoms with Gasteiger partial charge in [0.05, 0.1) is 5.56 Å². The van der Waals surface area contributed by atoms with E-state index >= 15 is 0 Å². The zero-order valence-electron chi connectivity index (χ0n) is 12.5. The molecule has 3 aromatic rings. The van der Waals surface area contributed by atoms with E-state index in [1.54, 1.807) is 7.05 Å². The minimum absolute atomic E-state index is 0.0830. The standard InChI is InChI=1S/C17H11Cl2F2N3/c1-24-17(19)11(16(23-24)10-5-3-2-4-6-10)9-22-13-8-7-12(20)14(18)15(13)21/h2-9H,1H3. The normalized spacial score (nSPS) is 11.4. The fourth-order valence-electron chi connectivity index (χ4n) is 2.19. The van der Waals surface area contributed by atoms with Crippen LogP contribution >= 0.6 is 23.2 Å². The van der Waals surface area contributed by atoms with Crippen molar-refractivity contribution in [3.8, 4) is 11.3 Å². The molecule has 2 aromatic carbocycles. The largest absolute Gasteiger partial charge is 0.256 e. The monoisotopic (exact) mass is 365 g/mol. The first-order valence-corrected chi connectivity index (χ1v) is 7.70. The molecule has 122 valence electrons. The fraction of sp³-hybridized carbons (Fsp3) is 0.0588. The molecule has 3 rings (SSSR count). The van der Waals surface area contributed by atoms with Crippen molar-refractivity contribution in [2.24, 2.45) is 12.0 Å². The van der Waals surface area contributed by atoms with Gasteiger partial charge in [-0.15, -0.1) is 0 Å². The van der Waals surface area contributed by atoms with Crippen LogP contribution in [-0.2, 0) is 7.05 Å². The van der Waals surface area contributed by atoms with Gasteiger partial charge in [-0.3, -0.25) is 9.67 Å². The van der Waals surface area contributed by atoms with Gasteiger partial charge in [-0.1, -0.05) is 53.5 Å². The van der Waals surface area contributed by atoms with Crippen LogP contribution < -0.4 is 0 Å². The van der Waals surface area contributed by atoms with Crippen molar-refractivity contribution < 1.29 is 8.78 Å². The van der Waals surface area contributed by atoms with Gasteiger partial charge in [0.15, 0.2) is 5.82 Å². The van der Waals surface area contributed by atoms with Crippen LogP contribution in [0.4, 0.5) is 14.5 Å². The number of hydrogen-bond donors (Lipinski definition) is 0. The first-order valence-electron chi connectivity index (χ1n) is 6.94. The Kier molecular flexibility index (Phi) is 4.64. The molecule has 0 amide bonds. The summed E-state index contributed by atoms with van der Waals surface area (Å²) in [6, 6.07) is 11.7. The zero-order valence-corrected chi connectivity index (χ0v) is 14.0. The van der Waals surface area contributed by atoms with Crippen molar-refractivity contribution in [3.63, 3.8) is 0 Å². The molecule has 0 aliphatic rings. The van der Waals surface area contributed by atoms with E-state index in [2.05, 4.69) is 10.1 Å². The van der Waals surface area contributed by atoms with Gasteiger partial charge in [-0.25, -0.2) is 8.78 Å². The van der Waals surface area contributed by atoms with Crippen LogP contribution in [0, 0.1) is 11.6 Å². The summed E-state index contributed by atoms with van der Waals surface area (Å²) in [6.07, 6.45) is 1.39. The van der Waals surface area contributed by atoms with Crippen LogP contribution in [0.2, 0.25) is 10.2 Å². The SMILES string of the molecule is Cn1nc(-c2ccccc2)c(C=Nc2ccc(F)c(Cl)c2F)c1Cl. The Labute approximate surface area is 147 Å². The smallest absolute Gasteiger partial charge is 0.170 e. The topological polar surface area (TPSA) is 30.2 Å². The van der Waals surface area contributed by atoms with Crippen LogP contribution in [0.3, 0.4) is 0 Å². The molecular weight excluding hydrogens is 355 g/mol. The predicted molar refractivity (Wildman–Crippen MR) is 92.3 cm³/mol. The first-order chi connectivity index (χ1) is 11.5. The second-order valence-electron chi connectivity index (χ2n) is 5.00. The van der Waals surface area contributed by atoms with E-state index in [9.17, 15) is 8.78 Å². The van der Waals surface area contributed by atoms with Crippen molar-refractivity contribution in [3.05, 3.63) is 69.8 Å². The Morgan fingerprint density at radius 3 is 2.50 bits per heavy atom. The van der Waals surface area contributed by atoms with Gasteiger partial charge in [0, 0.05) is 18.8 Å². The van der Waals surface area contributed by atoms with Crippen molar-refractivity contribution in [2.75, 3.05) is 0 Å². The lowest BCUT2D eigenvalue weighted by Crippen LogP contribution is -1.89.